The molecule has 1 aliphatic carbocycles. The number of esters is 2. The molecule has 0 N–H and O–H groups in total. The van der Waals surface area contributed by atoms with Crippen molar-refractivity contribution < 1.29 is 23.9 Å². The third kappa shape index (κ3) is 2.06. The van der Waals surface area contributed by atoms with Gasteiger partial charge in [-0.05, 0) is 20.8 Å². The summed E-state index contributed by atoms with van der Waals surface area (Å²) in [5.74, 6) is -1.37. The zero-order chi connectivity index (χ0) is 12.8. The smallest absolute Gasteiger partial charge is 0.311 e. The maximum absolute atomic E-state index is 11.5. The SMILES string of the molecule is CC(C)(C)C(=O)OC[C@H]1OC(=O)[C@@H]2CC(=O)[C@H]12. The van der Waals surface area contributed by atoms with Crippen molar-refractivity contribution in [2.75, 3.05) is 6.61 Å². The van der Waals surface area contributed by atoms with Gasteiger partial charge in [0.1, 0.15) is 18.5 Å². The van der Waals surface area contributed by atoms with Crippen LogP contribution in [0.3, 0.4) is 0 Å². The van der Waals surface area contributed by atoms with Gasteiger partial charge in [0.15, 0.2) is 0 Å². The Morgan fingerprint density at radius 1 is 1.41 bits per heavy atom. The van der Waals surface area contributed by atoms with E-state index in [1.807, 2.05) is 0 Å². The van der Waals surface area contributed by atoms with Crippen LogP contribution in [-0.2, 0) is 23.9 Å². The monoisotopic (exact) mass is 240 g/mol. The Morgan fingerprint density at radius 3 is 2.59 bits per heavy atom. The standard InChI is InChI=1S/C12H16O5/c1-12(2,3)11(15)16-5-8-9-6(4-7(9)13)10(14)17-8/h6,8-9H,4-5H2,1-3H3/t6-,8-,9-/m1/s1. The van der Waals surface area contributed by atoms with E-state index in [1.54, 1.807) is 20.8 Å². The van der Waals surface area contributed by atoms with Crippen LogP contribution in [0.1, 0.15) is 27.2 Å². The minimum Gasteiger partial charge on any atom is -0.461 e. The highest BCUT2D eigenvalue weighted by Gasteiger charge is 2.56. The molecular formula is C12H16O5. The molecular weight excluding hydrogens is 224 g/mol. The molecule has 0 radical (unpaired) electrons. The van der Waals surface area contributed by atoms with Gasteiger partial charge in [-0.15, -0.1) is 0 Å². The van der Waals surface area contributed by atoms with Crippen molar-refractivity contribution in [2.45, 2.75) is 33.3 Å². The molecule has 2 fully saturated rings. The summed E-state index contributed by atoms with van der Waals surface area (Å²) >= 11 is 0. The summed E-state index contributed by atoms with van der Waals surface area (Å²) in [4.78, 5) is 34.2. The van der Waals surface area contributed by atoms with Crippen molar-refractivity contribution in [3.63, 3.8) is 0 Å². The molecule has 0 spiro atoms. The van der Waals surface area contributed by atoms with Gasteiger partial charge in [-0.3, -0.25) is 14.4 Å². The first-order valence-electron chi connectivity index (χ1n) is 5.71. The average molecular weight is 240 g/mol. The van der Waals surface area contributed by atoms with E-state index in [2.05, 4.69) is 0 Å². The largest absolute Gasteiger partial charge is 0.461 e. The molecule has 5 nitrogen and oxygen atoms in total. The van der Waals surface area contributed by atoms with Crippen molar-refractivity contribution in [3.8, 4) is 0 Å². The molecule has 0 aromatic heterocycles. The number of ether oxygens (including phenoxy) is 2. The summed E-state index contributed by atoms with van der Waals surface area (Å²) in [5.41, 5.74) is -0.592. The van der Waals surface area contributed by atoms with E-state index in [4.69, 9.17) is 9.47 Å². The highest BCUT2D eigenvalue weighted by molar-refractivity contribution is 5.99. The van der Waals surface area contributed by atoms with E-state index in [1.165, 1.54) is 0 Å². The molecule has 2 rings (SSSR count). The van der Waals surface area contributed by atoms with Crippen LogP contribution in [0.5, 0.6) is 0 Å². The summed E-state index contributed by atoms with van der Waals surface area (Å²) in [7, 11) is 0. The molecule has 0 bridgehead atoms. The van der Waals surface area contributed by atoms with Gasteiger partial charge >= 0.3 is 11.9 Å². The maximum Gasteiger partial charge on any atom is 0.311 e. The lowest BCUT2D eigenvalue weighted by atomic mass is 9.71. The van der Waals surface area contributed by atoms with Crippen LogP contribution in [-0.4, -0.2) is 30.4 Å². The molecule has 0 aromatic carbocycles. The van der Waals surface area contributed by atoms with E-state index >= 15 is 0 Å². The summed E-state index contributed by atoms with van der Waals surface area (Å²) in [6, 6.07) is 0. The third-order valence-corrected chi connectivity index (χ3v) is 3.19. The van der Waals surface area contributed by atoms with Crippen LogP contribution in [0.2, 0.25) is 0 Å². The van der Waals surface area contributed by atoms with Gasteiger partial charge in [0, 0.05) is 6.42 Å². The van der Waals surface area contributed by atoms with Crippen LogP contribution in [0.4, 0.5) is 0 Å². The lowest BCUT2D eigenvalue weighted by Crippen LogP contribution is -2.42. The number of fused-ring (bicyclic) bond motifs is 1. The predicted octanol–water partition coefficient (Wildman–Crippen LogP) is 0.706. The van der Waals surface area contributed by atoms with Crippen molar-refractivity contribution in [1.29, 1.82) is 0 Å². The highest BCUT2D eigenvalue weighted by Crippen LogP contribution is 2.41. The van der Waals surface area contributed by atoms with Crippen LogP contribution in [0.25, 0.3) is 0 Å². The Balaban J connectivity index is 1.91. The van der Waals surface area contributed by atoms with E-state index in [9.17, 15) is 14.4 Å². The minimum absolute atomic E-state index is 0.0191. The number of rotatable bonds is 2. The first kappa shape index (κ1) is 12.1. The summed E-state index contributed by atoms with van der Waals surface area (Å²) in [6.07, 6.45) is -0.312. The molecule has 1 aliphatic heterocycles. The highest BCUT2D eigenvalue weighted by atomic mass is 16.6. The molecule has 1 saturated carbocycles. The topological polar surface area (TPSA) is 69.7 Å². The molecule has 1 heterocycles. The number of ketones is 1. The fourth-order valence-electron chi connectivity index (χ4n) is 2.06. The molecule has 17 heavy (non-hydrogen) atoms. The number of hydrogen-bond donors (Lipinski definition) is 0. The molecule has 0 amide bonds. The van der Waals surface area contributed by atoms with Crippen LogP contribution in [0.15, 0.2) is 0 Å². The third-order valence-electron chi connectivity index (χ3n) is 3.19. The minimum atomic E-state index is -0.592. The second-order valence-corrected chi connectivity index (χ2v) is 5.63. The van der Waals surface area contributed by atoms with E-state index in [-0.39, 0.29) is 36.7 Å². The van der Waals surface area contributed by atoms with Gasteiger partial charge in [0.05, 0.1) is 17.3 Å². The normalized spacial score (nSPS) is 31.6. The van der Waals surface area contributed by atoms with Crippen LogP contribution >= 0.6 is 0 Å². The zero-order valence-corrected chi connectivity index (χ0v) is 10.2. The number of hydrogen-bond acceptors (Lipinski definition) is 5. The second kappa shape index (κ2) is 3.82. The predicted molar refractivity (Wildman–Crippen MR) is 56.9 cm³/mol. The van der Waals surface area contributed by atoms with Crippen molar-refractivity contribution in [1.82, 2.24) is 0 Å². The van der Waals surface area contributed by atoms with Crippen molar-refractivity contribution in [2.24, 2.45) is 17.3 Å². The number of carbonyl (C=O) groups excluding carboxylic acids is 3. The fraction of sp³-hybridized carbons (Fsp3) is 0.750. The van der Waals surface area contributed by atoms with E-state index < -0.39 is 17.4 Å². The maximum atomic E-state index is 11.5. The first-order chi connectivity index (χ1) is 7.80. The van der Waals surface area contributed by atoms with Crippen LogP contribution in [0, 0.1) is 17.3 Å². The average Bonchev–Trinajstić information content (AvgIpc) is 2.44. The van der Waals surface area contributed by atoms with Gasteiger partial charge in [-0.2, -0.15) is 0 Å². The Morgan fingerprint density at radius 2 is 2.06 bits per heavy atom. The van der Waals surface area contributed by atoms with Gasteiger partial charge in [-0.25, -0.2) is 0 Å². The second-order valence-electron chi connectivity index (χ2n) is 5.63. The molecule has 1 saturated heterocycles. The summed E-state index contributed by atoms with van der Waals surface area (Å²) in [5, 5.41) is 0. The Bertz CT molecular complexity index is 379. The molecule has 5 heteroatoms. The number of cyclic esters (lactones) is 1. The zero-order valence-electron chi connectivity index (χ0n) is 10.2. The summed E-state index contributed by atoms with van der Waals surface area (Å²) < 4.78 is 10.1. The Hall–Kier alpha value is -1.39. The molecule has 3 atom stereocenters. The van der Waals surface area contributed by atoms with Gasteiger partial charge in [0.2, 0.25) is 0 Å². The van der Waals surface area contributed by atoms with Crippen LogP contribution < -0.4 is 0 Å². The summed E-state index contributed by atoms with van der Waals surface area (Å²) in [6.45, 7) is 5.21. The lowest BCUT2D eigenvalue weighted by Gasteiger charge is -2.27. The van der Waals surface area contributed by atoms with Crippen molar-refractivity contribution >= 4 is 17.7 Å². The quantitative estimate of drug-likeness (QED) is 0.665. The van der Waals surface area contributed by atoms with Gasteiger partial charge < -0.3 is 9.47 Å². The molecule has 0 unspecified atom stereocenters. The molecule has 2 aliphatic rings. The van der Waals surface area contributed by atoms with E-state index in [0.717, 1.165) is 0 Å². The van der Waals surface area contributed by atoms with Crippen molar-refractivity contribution in [3.05, 3.63) is 0 Å². The fourth-order valence-corrected chi connectivity index (χ4v) is 2.06. The van der Waals surface area contributed by atoms with E-state index in [0.29, 0.717) is 0 Å². The van der Waals surface area contributed by atoms with Gasteiger partial charge in [0.25, 0.3) is 0 Å². The molecule has 94 valence electrons. The lowest BCUT2D eigenvalue weighted by molar-refractivity contribution is -0.160. The number of Topliss-reactive ketones (excluding diaryl/α,β-unsaturated/α-hetero) is 1. The Labute approximate surface area is 99.5 Å². The molecule has 0 aromatic rings. The Kier molecular flexibility index (Phi) is 2.72. The van der Waals surface area contributed by atoms with Gasteiger partial charge in [-0.1, -0.05) is 0 Å². The first-order valence-corrected chi connectivity index (χ1v) is 5.71. The number of carbonyl (C=O) groups is 3.